The molecule has 4 heteroatoms. The Morgan fingerprint density at radius 2 is 2.21 bits per heavy atom. The maximum atomic E-state index is 12.8. The van der Waals surface area contributed by atoms with Gasteiger partial charge in [0.15, 0.2) is 0 Å². The Labute approximate surface area is 85.6 Å². The van der Waals surface area contributed by atoms with Gasteiger partial charge in [0, 0.05) is 16.5 Å². The number of hydrogen-bond acceptors (Lipinski definition) is 2. The van der Waals surface area contributed by atoms with E-state index in [0.717, 1.165) is 6.07 Å². The number of ether oxygens (including phenoxy) is 1. The molecule has 0 bridgehead atoms. The lowest BCUT2D eigenvalue weighted by atomic mass is 10.2. The molecule has 1 aromatic rings. The van der Waals surface area contributed by atoms with Crippen LogP contribution in [0.25, 0.3) is 0 Å². The molecule has 0 fully saturated rings. The Balaban J connectivity index is 2.95. The highest BCUT2D eigenvalue weighted by Crippen LogP contribution is 2.12. The minimum atomic E-state index is -0.676. The second-order valence-electron chi connectivity index (χ2n) is 2.40. The third-order valence-electron chi connectivity index (χ3n) is 1.36. The zero-order chi connectivity index (χ0) is 10.6. The Hall–Kier alpha value is -1.53. The number of methoxy groups -OCH3 is 1. The maximum absolute atomic E-state index is 12.8. The number of carbonyl (C=O) groups excluding carboxylic acids is 1. The van der Waals surface area contributed by atoms with Crippen LogP contribution in [0.3, 0.4) is 0 Å². The summed E-state index contributed by atoms with van der Waals surface area (Å²) >= 11 is 5.58. The van der Waals surface area contributed by atoms with Crippen molar-refractivity contribution in [3.05, 3.63) is 34.6 Å². The molecular formula is C10H6ClFO2. The number of benzene rings is 1. The summed E-state index contributed by atoms with van der Waals surface area (Å²) in [6, 6.07) is 3.80. The Morgan fingerprint density at radius 1 is 1.50 bits per heavy atom. The largest absolute Gasteiger partial charge is 0.459 e. The average Bonchev–Trinajstić information content (AvgIpc) is 2.12. The average molecular weight is 213 g/mol. The van der Waals surface area contributed by atoms with E-state index >= 15 is 0 Å². The van der Waals surface area contributed by atoms with Crippen molar-refractivity contribution in [1.82, 2.24) is 0 Å². The lowest BCUT2D eigenvalue weighted by molar-refractivity contribution is -0.133. The molecule has 0 aromatic heterocycles. The van der Waals surface area contributed by atoms with Crippen molar-refractivity contribution in [2.75, 3.05) is 7.11 Å². The van der Waals surface area contributed by atoms with Crippen molar-refractivity contribution in [1.29, 1.82) is 0 Å². The molecule has 0 heterocycles. The highest BCUT2D eigenvalue weighted by Gasteiger charge is 1.97. The molecule has 0 amide bonds. The van der Waals surface area contributed by atoms with Gasteiger partial charge >= 0.3 is 5.97 Å². The normalized spacial score (nSPS) is 8.79. The van der Waals surface area contributed by atoms with Crippen molar-refractivity contribution >= 4 is 17.6 Å². The van der Waals surface area contributed by atoms with Gasteiger partial charge in [-0.2, -0.15) is 0 Å². The zero-order valence-corrected chi connectivity index (χ0v) is 8.06. The van der Waals surface area contributed by atoms with Crippen molar-refractivity contribution in [2.24, 2.45) is 0 Å². The van der Waals surface area contributed by atoms with E-state index in [2.05, 4.69) is 16.6 Å². The molecule has 0 atom stereocenters. The first-order valence-electron chi connectivity index (χ1n) is 3.68. The molecule has 0 aliphatic carbocycles. The van der Waals surface area contributed by atoms with Crippen LogP contribution in [-0.4, -0.2) is 13.1 Å². The van der Waals surface area contributed by atoms with Crippen molar-refractivity contribution in [2.45, 2.75) is 0 Å². The lowest BCUT2D eigenvalue weighted by Crippen LogP contribution is -1.94. The predicted octanol–water partition coefficient (Wildman–Crippen LogP) is 2.00. The van der Waals surface area contributed by atoms with Crippen LogP contribution in [0.15, 0.2) is 18.2 Å². The molecule has 1 aromatic carbocycles. The molecule has 0 aliphatic heterocycles. The van der Waals surface area contributed by atoms with Gasteiger partial charge in [-0.05, 0) is 18.2 Å². The molecule has 0 radical (unpaired) electrons. The maximum Gasteiger partial charge on any atom is 0.384 e. The van der Waals surface area contributed by atoms with Gasteiger partial charge < -0.3 is 4.74 Å². The van der Waals surface area contributed by atoms with Crippen LogP contribution in [0.5, 0.6) is 0 Å². The molecular weight excluding hydrogens is 207 g/mol. The SMILES string of the molecule is COC(=O)C#Cc1cc(F)cc(Cl)c1. The van der Waals surface area contributed by atoms with Gasteiger partial charge in [0.1, 0.15) is 5.82 Å². The third-order valence-corrected chi connectivity index (χ3v) is 1.58. The molecule has 1 rings (SSSR count). The standard InChI is InChI=1S/C10H6ClFO2/c1-14-10(13)3-2-7-4-8(11)6-9(12)5-7/h4-6H,1H3. The van der Waals surface area contributed by atoms with E-state index in [1.807, 2.05) is 0 Å². The first-order chi connectivity index (χ1) is 6.61. The van der Waals surface area contributed by atoms with E-state index < -0.39 is 11.8 Å². The second kappa shape index (κ2) is 4.64. The number of rotatable bonds is 0. The molecule has 0 unspecified atom stereocenters. The number of halogens is 2. The molecule has 14 heavy (non-hydrogen) atoms. The van der Waals surface area contributed by atoms with E-state index in [1.165, 1.54) is 19.2 Å². The van der Waals surface area contributed by atoms with Crippen LogP contribution < -0.4 is 0 Å². The topological polar surface area (TPSA) is 26.3 Å². The molecule has 0 spiro atoms. The van der Waals surface area contributed by atoms with Crippen molar-refractivity contribution < 1.29 is 13.9 Å². The summed E-state index contributed by atoms with van der Waals surface area (Å²) in [4.78, 5) is 10.6. The van der Waals surface area contributed by atoms with Crippen LogP contribution in [0.2, 0.25) is 5.02 Å². The lowest BCUT2D eigenvalue weighted by Gasteiger charge is -1.93. The summed E-state index contributed by atoms with van der Waals surface area (Å²) in [5.41, 5.74) is 0.334. The van der Waals surface area contributed by atoms with Gasteiger partial charge in [0.25, 0.3) is 0 Å². The quantitative estimate of drug-likeness (QED) is 0.486. The summed E-state index contributed by atoms with van der Waals surface area (Å²) in [5.74, 6) is 3.43. The van der Waals surface area contributed by atoms with Gasteiger partial charge in [-0.15, -0.1) is 0 Å². The molecule has 0 saturated heterocycles. The summed E-state index contributed by atoms with van der Waals surface area (Å²) < 4.78 is 17.1. The van der Waals surface area contributed by atoms with Gasteiger partial charge in [0.05, 0.1) is 7.11 Å². The predicted molar refractivity (Wildman–Crippen MR) is 50.3 cm³/mol. The fraction of sp³-hybridized carbons (Fsp3) is 0.100. The third kappa shape index (κ3) is 3.08. The molecule has 0 aliphatic rings. The highest BCUT2D eigenvalue weighted by atomic mass is 35.5. The summed E-state index contributed by atoms with van der Waals surface area (Å²) in [5, 5.41) is 0.235. The van der Waals surface area contributed by atoms with Gasteiger partial charge in [-0.25, -0.2) is 9.18 Å². The molecule has 2 nitrogen and oxygen atoms in total. The summed E-state index contributed by atoms with van der Waals surface area (Å²) in [6.07, 6.45) is 0. The van der Waals surface area contributed by atoms with Crippen LogP contribution in [-0.2, 0) is 9.53 Å². The Kier molecular flexibility index (Phi) is 3.49. The van der Waals surface area contributed by atoms with Gasteiger partial charge in [0.2, 0.25) is 0 Å². The van der Waals surface area contributed by atoms with E-state index in [-0.39, 0.29) is 5.02 Å². The number of carbonyl (C=O) groups is 1. The Bertz CT molecular complexity index is 398. The van der Waals surface area contributed by atoms with E-state index in [0.29, 0.717) is 5.56 Å². The van der Waals surface area contributed by atoms with Crippen LogP contribution >= 0.6 is 11.6 Å². The minimum absolute atomic E-state index is 0.235. The summed E-state index contributed by atoms with van der Waals surface area (Å²) in [6.45, 7) is 0. The van der Waals surface area contributed by atoms with Crippen LogP contribution in [0, 0.1) is 17.7 Å². The van der Waals surface area contributed by atoms with Gasteiger partial charge in [-0.3, -0.25) is 0 Å². The molecule has 0 saturated carbocycles. The van der Waals surface area contributed by atoms with E-state index in [1.54, 1.807) is 0 Å². The summed E-state index contributed by atoms with van der Waals surface area (Å²) in [7, 11) is 1.22. The first kappa shape index (κ1) is 10.6. The van der Waals surface area contributed by atoms with E-state index in [4.69, 9.17) is 11.6 Å². The molecule has 72 valence electrons. The number of esters is 1. The number of hydrogen-bond donors (Lipinski definition) is 0. The van der Waals surface area contributed by atoms with Crippen LogP contribution in [0.4, 0.5) is 4.39 Å². The monoisotopic (exact) mass is 212 g/mol. The first-order valence-corrected chi connectivity index (χ1v) is 4.05. The fourth-order valence-corrected chi connectivity index (χ4v) is 1.02. The van der Waals surface area contributed by atoms with Crippen LogP contribution in [0.1, 0.15) is 5.56 Å². The second-order valence-corrected chi connectivity index (χ2v) is 2.84. The van der Waals surface area contributed by atoms with Gasteiger partial charge in [-0.1, -0.05) is 17.5 Å². The van der Waals surface area contributed by atoms with E-state index in [9.17, 15) is 9.18 Å². The Morgan fingerprint density at radius 3 is 2.79 bits per heavy atom. The smallest absolute Gasteiger partial charge is 0.384 e. The van der Waals surface area contributed by atoms with Crippen molar-refractivity contribution in [3.8, 4) is 11.8 Å². The fourth-order valence-electron chi connectivity index (χ4n) is 0.800. The minimum Gasteiger partial charge on any atom is -0.459 e. The van der Waals surface area contributed by atoms with Crippen molar-refractivity contribution in [3.63, 3.8) is 0 Å². The molecule has 0 N–H and O–H groups in total. The highest BCUT2D eigenvalue weighted by molar-refractivity contribution is 6.30. The zero-order valence-electron chi connectivity index (χ0n) is 7.30.